The Balaban J connectivity index is 2.07. The molecular weight excluding hydrogens is 336 g/mol. The van der Waals surface area contributed by atoms with Crippen LogP contribution >= 0.6 is 0 Å². The lowest BCUT2D eigenvalue weighted by Gasteiger charge is -2.26. The lowest BCUT2D eigenvalue weighted by molar-refractivity contribution is -0.129. The van der Waals surface area contributed by atoms with Crippen LogP contribution in [0.5, 0.6) is 0 Å². The van der Waals surface area contributed by atoms with Gasteiger partial charge in [-0.1, -0.05) is 54.6 Å². The van der Waals surface area contributed by atoms with Gasteiger partial charge in [0, 0.05) is 31.9 Å². The van der Waals surface area contributed by atoms with Crippen molar-refractivity contribution in [3.05, 3.63) is 83.1 Å². The molecular formula is C22H26N4O. The number of benzene rings is 2. The number of hydrogen-bond donors (Lipinski definition) is 2. The average molecular weight is 362 g/mol. The first-order chi connectivity index (χ1) is 13.0. The Labute approximate surface area is 161 Å². The van der Waals surface area contributed by atoms with Gasteiger partial charge in [0.05, 0.1) is 0 Å². The Kier molecular flexibility index (Phi) is 7.60. The molecule has 0 aliphatic carbocycles. The summed E-state index contributed by atoms with van der Waals surface area (Å²) >= 11 is 0. The Morgan fingerprint density at radius 2 is 1.81 bits per heavy atom. The number of nitrogens with one attached hydrogen (secondary N) is 1. The number of carbonyl (C=O) groups excluding carboxylic acids is 1. The molecule has 2 aromatic carbocycles. The molecule has 0 aromatic heterocycles. The van der Waals surface area contributed by atoms with Crippen molar-refractivity contribution in [2.45, 2.75) is 39.5 Å². The molecule has 3 N–H and O–H groups in total. The van der Waals surface area contributed by atoms with Gasteiger partial charge in [0.25, 0.3) is 5.91 Å². The van der Waals surface area contributed by atoms with E-state index in [2.05, 4.69) is 5.32 Å². The van der Waals surface area contributed by atoms with Crippen molar-refractivity contribution in [2.75, 3.05) is 0 Å². The van der Waals surface area contributed by atoms with E-state index in [1.807, 2.05) is 74.5 Å². The molecule has 5 heteroatoms. The van der Waals surface area contributed by atoms with Gasteiger partial charge in [-0.05, 0) is 30.5 Å². The van der Waals surface area contributed by atoms with Crippen molar-refractivity contribution in [3.63, 3.8) is 0 Å². The van der Waals surface area contributed by atoms with E-state index >= 15 is 0 Å². The van der Waals surface area contributed by atoms with E-state index in [4.69, 9.17) is 5.73 Å². The standard InChI is InChI=1S/C22H26N4O/c1-17(2)26(16-18-7-4-3-5-8-18)22(27)21(13-24)15-25-14-20-10-6-9-19(11-20)12-23/h3-11,15,17,25H,12,14,16,23H2,1-2H3/b21-15-. The molecule has 0 atom stereocenters. The van der Waals surface area contributed by atoms with Crippen LogP contribution in [0.3, 0.4) is 0 Å². The summed E-state index contributed by atoms with van der Waals surface area (Å²) in [5, 5.41) is 12.5. The number of nitrogens with zero attached hydrogens (tertiary/aromatic N) is 2. The third-order valence-corrected chi connectivity index (χ3v) is 4.21. The highest BCUT2D eigenvalue weighted by Crippen LogP contribution is 2.12. The molecule has 0 saturated heterocycles. The minimum atomic E-state index is -0.278. The molecule has 2 rings (SSSR count). The summed E-state index contributed by atoms with van der Waals surface area (Å²) in [5.74, 6) is -0.278. The fourth-order valence-corrected chi connectivity index (χ4v) is 2.70. The lowest BCUT2D eigenvalue weighted by Crippen LogP contribution is -2.37. The van der Waals surface area contributed by atoms with Crippen LogP contribution in [-0.4, -0.2) is 16.8 Å². The van der Waals surface area contributed by atoms with Crippen LogP contribution in [0.15, 0.2) is 66.4 Å². The summed E-state index contributed by atoms with van der Waals surface area (Å²) in [6.45, 7) is 5.36. The smallest absolute Gasteiger partial charge is 0.266 e. The first kappa shape index (κ1) is 20.2. The van der Waals surface area contributed by atoms with Gasteiger partial charge in [0.2, 0.25) is 0 Å². The molecule has 2 aromatic rings. The van der Waals surface area contributed by atoms with E-state index in [9.17, 15) is 10.1 Å². The molecule has 5 nitrogen and oxygen atoms in total. The van der Waals surface area contributed by atoms with Gasteiger partial charge in [-0.15, -0.1) is 0 Å². The van der Waals surface area contributed by atoms with Crippen LogP contribution < -0.4 is 11.1 Å². The first-order valence-electron chi connectivity index (χ1n) is 9.01. The van der Waals surface area contributed by atoms with Crippen molar-refractivity contribution in [1.29, 1.82) is 5.26 Å². The minimum Gasteiger partial charge on any atom is -0.386 e. The molecule has 0 fully saturated rings. The van der Waals surface area contributed by atoms with Crippen molar-refractivity contribution in [3.8, 4) is 6.07 Å². The zero-order chi connectivity index (χ0) is 19.6. The Morgan fingerprint density at radius 1 is 1.15 bits per heavy atom. The summed E-state index contributed by atoms with van der Waals surface area (Å²) < 4.78 is 0. The van der Waals surface area contributed by atoms with Crippen molar-refractivity contribution >= 4 is 5.91 Å². The second-order valence-corrected chi connectivity index (χ2v) is 6.59. The van der Waals surface area contributed by atoms with Gasteiger partial charge in [0.15, 0.2) is 0 Å². The average Bonchev–Trinajstić information content (AvgIpc) is 2.69. The first-order valence-corrected chi connectivity index (χ1v) is 9.01. The van der Waals surface area contributed by atoms with Gasteiger partial charge in [-0.2, -0.15) is 5.26 Å². The van der Waals surface area contributed by atoms with E-state index in [0.717, 1.165) is 16.7 Å². The van der Waals surface area contributed by atoms with E-state index in [1.165, 1.54) is 6.20 Å². The quantitative estimate of drug-likeness (QED) is 0.558. The van der Waals surface area contributed by atoms with E-state index in [1.54, 1.807) is 4.90 Å². The fraction of sp³-hybridized carbons (Fsp3) is 0.273. The summed E-state index contributed by atoms with van der Waals surface area (Å²) in [7, 11) is 0. The number of carbonyl (C=O) groups is 1. The van der Waals surface area contributed by atoms with Gasteiger partial charge in [0.1, 0.15) is 11.6 Å². The van der Waals surface area contributed by atoms with Crippen LogP contribution in [-0.2, 0) is 24.4 Å². The molecule has 0 aliphatic rings. The van der Waals surface area contributed by atoms with Gasteiger partial charge in [-0.25, -0.2) is 0 Å². The SMILES string of the molecule is CC(C)N(Cc1ccccc1)C(=O)/C(C#N)=C\NCc1cccc(CN)c1. The summed E-state index contributed by atoms with van der Waals surface area (Å²) in [4.78, 5) is 14.5. The van der Waals surface area contributed by atoms with Crippen LogP contribution in [0, 0.1) is 11.3 Å². The van der Waals surface area contributed by atoms with Crippen molar-refractivity contribution in [1.82, 2.24) is 10.2 Å². The summed E-state index contributed by atoms with van der Waals surface area (Å²) in [6, 6.07) is 19.7. The Hall–Kier alpha value is -3.10. The zero-order valence-electron chi connectivity index (χ0n) is 15.9. The topological polar surface area (TPSA) is 82.2 Å². The molecule has 0 spiro atoms. The highest BCUT2D eigenvalue weighted by atomic mass is 16.2. The number of nitriles is 1. The van der Waals surface area contributed by atoms with Crippen LogP contribution in [0.1, 0.15) is 30.5 Å². The monoisotopic (exact) mass is 362 g/mol. The highest BCUT2D eigenvalue weighted by molar-refractivity contribution is 5.97. The fourth-order valence-electron chi connectivity index (χ4n) is 2.70. The second kappa shape index (κ2) is 10.1. The predicted molar refractivity (Wildman–Crippen MR) is 107 cm³/mol. The van der Waals surface area contributed by atoms with Crippen LogP contribution in [0.25, 0.3) is 0 Å². The Morgan fingerprint density at radius 3 is 2.44 bits per heavy atom. The molecule has 27 heavy (non-hydrogen) atoms. The normalized spacial score (nSPS) is 11.1. The van der Waals surface area contributed by atoms with Gasteiger partial charge < -0.3 is 16.0 Å². The van der Waals surface area contributed by atoms with Crippen LogP contribution in [0.4, 0.5) is 0 Å². The van der Waals surface area contributed by atoms with Gasteiger partial charge in [-0.3, -0.25) is 4.79 Å². The molecule has 0 unspecified atom stereocenters. The number of nitrogens with two attached hydrogens (primary N) is 1. The predicted octanol–water partition coefficient (Wildman–Crippen LogP) is 3.08. The van der Waals surface area contributed by atoms with Crippen molar-refractivity contribution < 1.29 is 4.79 Å². The molecule has 0 saturated carbocycles. The minimum absolute atomic E-state index is 0.0179. The lowest BCUT2D eigenvalue weighted by atomic mass is 10.1. The maximum absolute atomic E-state index is 12.8. The van der Waals surface area contributed by atoms with Gasteiger partial charge >= 0.3 is 0 Å². The summed E-state index contributed by atoms with van der Waals surface area (Å²) in [5.41, 5.74) is 8.87. The molecule has 1 amide bonds. The number of amides is 1. The highest BCUT2D eigenvalue weighted by Gasteiger charge is 2.21. The number of hydrogen-bond acceptors (Lipinski definition) is 4. The molecule has 0 bridgehead atoms. The third kappa shape index (κ3) is 5.98. The largest absolute Gasteiger partial charge is 0.386 e. The molecule has 0 aliphatic heterocycles. The zero-order valence-corrected chi connectivity index (χ0v) is 15.9. The number of rotatable bonds is 8. The molecule has 0 heterocycles. The van der Waals surface area contributed by atoms with Crippen LogP contribution in [0.2, 0.25) is 0 Å². The third-order valence-electron chi connectivity index (χ3n) is 4.21. The summed E-state index contributed by atoms with van der Waals surface area (Å²) in [6.07, 6.45) is 1.50. The molecule has 140 valence electrons. The van der Waals surface area contributed by atoms with E-state index in [-0.39, 0.29) is 17.5 Å². The Bertz CT molecular complexity index is 822. The van der Waals surface area contributed by atoms with E-state index in [0.29, 0.717) is 19.6 Å². The maximum Gasteiger partial charge on any atom is 0.266 e. The maximum atomic E-state index is 12.8. The van der Waals surface area contributed by atoms with Crippen molar-refractivity contribution in [2.24, 2.45) is 5.73 Å². The molecule has 0 radical (unpaired) electrons. The second-order valence-electron chi connectivity index (χ2n) is 6.59. The van der Waals surface area contributed by atoms with E-state index < -0.39 is 0 Å².